The number of fused-ring (bicyclic) bond motifs is 1. The summed E-state index contributed by atoms with van der Waals surface area (Å²) in [5.74, 6) is 1.19. The van der Waals surface area contributed by atoms with E-state index in [4.69, 9.17) is 11.6 Å². The van der Waals surface area contributed by atoms with E-state index in [1.807, 2.05) is 18.2 Å². The number of ketones is 1. The molecule has 1 fully saturated rings. The number of aryl methyl sites for hydroxylation is 1. The van der Waals surface area contributed by atoms with Gasteiger partial charge in [-0.2, -0.15) is 4.98 Å². The average Bonchev–Trinajstić information content (AvgIpc) is 2.82. The second-order valence-electron chi connectivity index (χ2n) is 7.93. The number of rotatable bonds is 6. The van der Waals surface area contributed by atoms with E-state index in [-0.39, 0.29) is 11.3 Å². The van der Waals surface area contributed by atoms with Gasteiger partial charge in [0.2, 0.25) is 5.95 Å². The molecule has 0 saturated carbocycles. The number of pyridine rings is 1. The van der Waals surface area contributed by atoms with Crippen LogP contribution in [0.1, 0.15) is 38.2 Å². The molecule has 1 aliphatic heterocycles. The maximum atomic E-state index is 12.6. The van der Waals surface area contributed by atoms with Crippen LogP contribution < -0.4 is 15.8 Å². The first kappa shape index (κ1) is 22.0. The maximum Gasteiger partial charge on any atom is 0.258 e. The Morgan fingerprint density at radius 3 is 2.75 bits per heavy atom. The first-order valence-corrected chi connectivity index (χ1v) is 11.2. The van der Waals surface area contributed by atoms with Crippen LogP contribution in [0.25, 0.3) is 17.0 Å². The van der Waals surface area contributed by atoms with Crippen LogP contribution in [-0.2, 0) is 11.8 Å². The van der Waals surface area contributed by atoms with E-state index >= 15 is 0 Å². The fourth-order valence-electron chi connectivity index (χ4n) is 3.83. The van der Waals surface area contributed by atoms with Gasteiger partial charge in [0.15, 0.2) is 11.6 Å². The molecule has 32 heavy (non-hydrogen) atoms. The lowest BCUT2D eigenvalue weighted by Crippen LogP contribution is -2.31. The fraction of sp³-hybridized carbons (Fsp3) is 0.333. The Balaban J connectivity index is 1.66. The molecule has 0 unspecified atom stereocenters. The van der Waals surface area contributed by atoms with Crippen molar-refractivity contribution < 1.29 is 4.79 Å². The molecule has 166 valence electrons. The molecule has 8 heteroatoms. The van der Waals surface area contributed by atoms with Gasteiger partial charge in [-0.3, -0.25) is 9.59 Å². The number of hydrogen-bond donors (Lipinski definition) is 1. The monoisotopic (exact) mass is 451 g/mol. The lowest BCUT2D eigenvalue weighted by Gasteiger charge is -2.26. The normalized spacial score (nSPS) is 14.3. The van der Waals surface area contributed by atoms with Crippen LogP contribution in [0.4, 0.5) is 17.5 Å². The maximum absolute atomic E-state index is 12.6. The highest BCUT2D eigenvalue weighted by Gasteiger charge is 2.16. The largest absolute Gasteiger partial charge is 0.341 e. The Labute approximate surface area is 191 Å². The average molecular weight is 452 g/mol. The molecule has 1 N–H and O–H groups in total. The summed E-state index contributed by atoms with van der Waals surface area (Å²) in [4.78, 5) is 35.5. The molecular formula is C24H26ClN5O2. The molecule has 0 spiro atoms. The minimum absolute atomic E-state index is 0.0227. The van der Waals surface area contributed by atoms with E-state index in [0.29, 0.717) is 28.8 Å². The highest BCUT2D eigenvalue weighted by molar-refractivity contribution is 6.32. The van der Waals surface area contributed by atoms with Gasteiger partial charge in [-0.1, -0.05) is 18.5 Å². The molecule has 1 aromatic carbocycles. The van der Waals surface area contributed by atoms with Gasteiger partial charge in [-0.15, -0.1) is 0 Å². The molecule has 1 aliphatic rings. The summed E-state index contributed by atoms with van der Waals surface area (Å²) in [5.41, 5.74) is 1.90. The van der Waals surface area contributed by atoms with E-state index in [9.17, 15) is 9.59 Å². The zero-order valence-corrected chi connectivity index (χ0v) is 19.0. The standard InChI is InChI=1S/C24H26ClN5O2/c1-3-19(31)9-7-16-13-17-14-18(8-10-21(17)29(2)23(16)32)27-22-20(25)15-26-24(28-22)30-11-5-4-6-12-30/h7-10,13-15H,3-6,11-12H2,1-2H3,(H,26,27,28)/b9-7+. The SMILES string of the molecule is CCC(=O)/C=C/c1cc2cc(Nc3nc(N4CCCCC4)ncc3Cl)ccc2n(C)c1=O. The number of carbonyl (C=O) groups excluding carboxylic acids is 1. The summed E-state index contributed by atoms with van der Waals surface area (Å²) >= 11 is 6.37. The van der Waals surface area contributed by atoms with Gasteiger partial charge in [0, 0.05) is 43.2 Å². The molecule has 4 rings (SSSR count). The van der Waals surface area contributed by atoms with Gasteiger partial charge < -0.3 is 14.8 Å². The Kier molecular flexibility index (Phi) is 6.55. The number of benzene rings is 1. The van der Waals surface area contributed by atoms with Gasteiger partial charge in [0.05, 0.1) is 11.7 Å². The second-order valence-corrected chi connectivity index (χ2v) is 8.34. The zero-order valence-electron chi connectivity index (χ0n) is 18.3. The van der Waals surface area contributed by atoms with Gasteiger partial charge in [-0.25, -0.2) is 4.98 Å². The van der Waals surface area contributed by atoms with Gasteiger partial charge in [0.1, 0.15) is 5.02 Å². The Bertz CT molecular complexity index is 1250. The number of nitrogens with zero attached hydrogens (tertiary/aromatic N) is 4. The Hall–Kier alpha value is -3.19. The lowest BCUT2D eigenvalue weighted by atomic mass is 10.1. The molecule has 0 radical (unpaired) electrons. The molecule has 3 aromatic rings. The molecule has 0 atom stereocenters. The zero-order chi connectivity index (χ0) is 22.7. The van der Waals surface area contributed by atoms with Crippen LogP contribution in [0, 0.1) is 0 Å². The summed E-state index contributed by atoms with van der Waals surface area (Å²) in [7, 11) is 1.73. The summed E-state index contributed by atoms with van der Waals surface area (Å²) in [6, 6.07) is 7.50. The van der Waals surface area contributed by atoms with Crippen molar-refractivity contribution in [2.24, 2.45) is 7.05 Å². The Morgan fingerprint density at radius 1 is 1.22 bits per heavy atom. The van der Waals surface area contributed by atoms with E-state index < -0.39 is 0 Å². The van der Waals surface area contributed by atoms with Crippen molar-refractivity contribution in [2.75, 3.05) is 23.3 Å². The molecule has 7 nitrogen and oxygen atoms in total. The molecule has 0 amide bonds. The number of hydrogen-bond acceptors (Lipinski definition) is 6. The van der Waals surface area contributed by atoms with Gasteiger partial charge in [0.25, 0.3) is 5.56 Å². The van der Waals surface area contributed by atoms with Crippen molar-refractivity contribution in [3.63, 3.8) is 0 Å². The second kappa shape index (κ2) is 9.53. The van der Waals surface area contributed by atoms with Crippen LogP contribution >= 0.6 is 11.6 Å². The number of allylic oxidation sites excluding steroid dienone is 1. The Morgan fingerprint density at radius 2 is 2.00 bits per heavy atom. The predicted octanol–water partition coefficient (Wildman–Crippen LogP) is 4.71. The molecular weight excluding hydrogens is 426 g/mol. The molecule has 0 bridgehead atoms. The third-order valence-electron chi connectivity index (χ3n) is 5.68. The van der Waals surface area contributed by atoms with Crippen molar-refractivity contribution in [3.05, 3.63) is 57.5 Å². The van der Waals surface area contributed by atoms with E-state index in [0.717, 1.165) is 42.5 Å². The first-order chi connectivity index (χ1) is 15.5. The van der Waals surface area contributed by atoms with Crippen LogP contribution in [0.3, 0.4) is 0 Å². The quantitative estimate of drug-likeness (QED) is 0.547. The summed E-state index contributed by atoms with van der Waals surface area (Å²) < 4.78 is 1.58. The van der Waals surface area contributed by atoms with Crippen molar-refractivity contribution >= 4 is 51.8 Å². The molecule has 1 saturated heterocycles. The van der Waals surface area contributed by atoms with Crippen LogP contribution in [0.2, 0.25) is 5.02 Å². The molecule has 0 aliphatic carbocycles. The summed E-state index contributed by atoms with van der Waals surface area (Å²) in [6.45, 7) is 3.68. The van der Waals surface area contributed by atoms with Crippen LogP contribution in [-0.4, -0.2) is 33.4 Å². The highest BCUT2D eigenvalue weighted by atomic mass is 35.5. The number of anilines is 3. The third-order valence-corrected chi connectivity index (χ3v) is 5.96. The number of piperidine rings is 1. The molecule has 3 heterocycles. The first-order valence-electron chi connectivity index (χ1n) is 10.9. The number of nitrogens with one attached hydrogen (secondary N) is 1. The van der Waals surface area contributed by atoms with Gasteiger partial charge in [-0.05, 0) is 55.7 Å². The number of aromatic nitrogens is 3. The summed E-state index contributed by atoms with van der Waals surface area (Å²) in [5, 5.41) is 4.59. The van der Waals surface area contributed by atoms with Crippen molar-refractivity contribution in [1.29, 1.82) is 0 Å². The predicted molar refractivity (Wildman–Crippen MR) is 130 cm³/mol. The molecule has 2 aromatic heterocycles. The smallest absolute Gasteiger partial charge is 0.258 e. The van der Waals surface area contributed by atoms with Crippen LogP contribution in [0.5, 0.6) is 0 Å². The van der Waals surface area contributed by atoms with Gasteiger partial charge >= 0.3 is 0 Å². The van der Waals surface area contributed by atoms with Crippen molar-refractivity contribution in [2.45, 2.75) is 32.6 Å². The topological polar surface area (TPSA) is 80.1 Å². The summed E-state index contributed by atoms with van der Waals surface area (Å²) in [6.07, 6.45) is 8.57. The van der Waals surface area contributed by atoms with E-state index in [1.54, 1.807) is 36.9 Å². The highest BCUT2D eigenvalue weighted by Crippen LogP contribution is 2.27. The van der Waals surface area contributed by atoms with Crippen molar-refractivity contribution in [3.8, 4) is 0 Å². The fourth-order valence-corrected chi connectivity index (χ4v) is 3.97. The van der Waals surface area contributed by atoms with Crippen LogP contribution in [0.15, 0.2) is 41.3 Å². The van der Waals surface area contributed by atoms with E-state index in [1.165, 1.54) is 12.5 Å². The number of carbonyl (C=O) groups is 1. The minimum atomic E-state index is -0.150. The van der Waals surface area contributed by atoms with Crippen molar-refractivity contribution in [1.82, 2.24) is 14.5 Å². The number of halogens is 1. The third kappa shape index (κ3) is 4.67. The lowest BCUT2D eigenvalue weighted by molar-refractivity contribution is -0.114. The van der Waals surface area contributed by atoms with E-state index in [2.05, 4.69) is 20.2 Å². The minimum Gasteiger partial charge on any atom is -0.341 e.